The predicted octanol–water partition coefficient (Wildman–Crippen LogP) is 4.82. The lowest BCUT2D eigenvalue weighted by Gasteiger charge is -2.32. The van der Waals surface area contributed by atoms with Crippen molar-refractivity contribution in [2.24, 2.45) is 5.92 Å². The first-order chi connectivity index (χ1) is 15.2. The Labute approximate surface area is 182 Å². The molecule has 1 saturated heterocycles. The van der Waals surface area contributed by atoms with Gasteiger partial charge in [0.05, 0.1) is 0 Å². The van der Waals surface area contributed by atoms with Crippen molar-refractivity contribution in [1.29, 1.82) is 0 Å². The van der Waals surface area contributed by atoms with E-state index in [1.165, 1.54) is 5.56 Å². The normalized spacial score (nSPS) is 14.8. The van der Waals surface area contributed by atoms with Crippen LogP contribution in [-0.4, -0.2) is 38.4 Å². The van der Waals surface area contributed by atoms with Crippen molar-refractivity contribution in [3.05, 3.63) is 89.9 Å². The Morgan fingerprint density at radius 3 is 2.45 bits per heavy atom. The van der Waals surface area contributed by atoms with E-state index in [0.717, 1.165) is 60.6 Å². The zero-order chi connectivity index (χ0) is 21.2. The molecule has 156 valence electrons. The number of aryl methyl sites for hydroxylation is 1. The SMILES string of the molecule is Cc1nc2cccnc2n1-c1ccc(C(=O)N2CCC(Cc3ccccc3)CC2)cc1. The number of hydrogen-bond acceptors (Lipinski definition) is 3. The third-order valence-corrected chi connectivity index (χ3v) is 6.23. The Balaban J connectivity index is 1.26. The molecule has 0 spiro atoms. The van der Waals surface area contributed by atoms with Gasteiger partial charge in [-0.3, -0.25) is 9.36 Å². The summed E-state index contributed by atoms with van der Waals surface area (Å²) in [5, 5.41) is 0. The van der Waals surface area contributed by atoms with Gasteiger partial charge in [-0.1, -0.05) is 30.3 Å². The fourth-order valence-electron chi connectivity index (χ4n) is 4.56. The van der Waals surface area contributed by atoms with Crippen molar-refractivity contribution >= 4 is 17.1 Å². The van der Waals surface area contributed by atoms with Crippen LogP contribution in [0.1, 0.15) is 34.6 Å². The number of pyridine rings is 1. The molecule has 0 unspecified atom stereocenters. The zero-order valence-corrected chi connectivity index (χ0v) is 17.7. The van der Waals surface area contributed by atoms with Crippen LogP contribution in [0.15, 0.2) is 72.9 Å². The number of nitrogens with zero attached hydrogens (tertiary/aromatic N) is 4. The molecule has 0 radical (unpaired) electrons. The van der Waals surface area contributed by atoms with Gasteiger partial charge in [0.25, 0.3) is 5.91 Å². The summed E-state index contributed by atoms with van der Waals surface area (Å²) in [5.74, 6) is 1.65. The van der Waals surface area contributed by atoms with E-state index in [2.05, 4.69) is 40.3 Å². The summed E-state index contributed by atoms with van der Waals surface area (Å²) in [5.41, 5.74) is 4.80. The monoisotopic (exact) mass is 410 g/mol. The second-order valence-corrected chi connectivity index (χ2v) is 8.31. The minimum atomic E-state index is 0.120. The molecule has 1 aliphatic rings. The summed E-state index contributed by atoms with van der Waals surface area (Å²) in [7, 11) is 0. The lowest BCUT2D eigenvalue weighted by molar-refractivity contribution is 0.0690. The first kappa shape index (κ1) is 19.5. The number of carbonyl (C=O) groups excluding carboxylic acids is 1. The van der Waals surface area contributed by atoms with Gasteiger partial charge in [-0.05, 0) is 74.1 Å². The van der Waals surface area contributed by atoms with Gasteiger partial charge < -0.3 is 4.90 Å². The van der Waals surface area contributed by atoms with Crippen molar-refractivity contribution < 1.29 is 4.79 Å². The summed E-state index contributed by atoms with van der Waals surface area (Å²) in [6.07, 6.45) is 5.00. The average molecular weight is 411 g/mol. The molecular formula is C26H26N4O. The fraction of sp³-hybridized carbons (Fsp3) is 0.269. The molecule has 1 fully saturated rings. The van der Waals surface area contributed by atoms with Crippen molar-refractivity contribution in [1.82, 2.24) is 19.4 Å². The Kier molecular flexibility index (Phi) is 5.24. The van der Waals surface area contributed by atoms with Gasteiger partial charge >= 0.3 is 0 Å². The molecule has 0 saturated carbocycles. The molecule has 5 nitrogen and oxygen atoms in total. The molecule has 5 heteroatoms. The topological polar surface area (TPSA) is 51.0 Å². The van der Waals surface area contributed by atoms with Crippen LogP contribution in [0.4, 0.5) is 0 Å². The first-order valence-corrected chi connectivity index (χ1v) is 10.9. The molecule has 2 aromatic heterocycles. The molecule has 31 heavy (non-hydrogen) atoms. The van der Waals surface area contributed by atoms with Crippen LogP contribution >= 0.6 is 0 Å². The first-order valence-electron chi connectivity index (χ1n) is 10.9. The Hall–Kier alpha value is -3.47. The summed E-state index contributed by atoms with van der Waals surface area (Å²) in [6, 6.07) is 22.3. The minimum Gasteiger partial charge on any atom is -0.339 e. The van der Waals surface area contributed by atoms with Crippen LogP contribution in [0.2, 0.25) is 0 Å². The maximum Gasteiger partial charge on any atom is 0.253 e. The number of benzene rings is 2. The number of imidazole rings is 1. The lowest BCUT2D eigenvalue weighted by Crippen LogP contribution is -2.38. The highest BCUT2D eigenvalue weighted by atomic mass is 16.2. The van der Waals surface area contributed by atoms with Crippen LogP contribution in [0.5, 0.6) is 0 Å². The Bertz CT molecular complexity index is 1190. The van der Waals surface area contributed by atoms with Gasteiger partial charge in [-0.15, -0.1) is 0 Å². The summed E-state index contributed by atoms with van der Waals surface area (Å²) < 4.78 is 2.03. The number of rotatable bonds is 4. The molecule has 0 atom stereocenters. The van der Waals surface area contributed by atoms with E-state index in [-0.39, 0.29) is 5.91 Å². The number of likely N-dealkylation sites (tertiary alicyclic amines) is 1. The van der Waals surface area contributed by atoms with E-state index >= 15 is 0 Å². The highest BCUT2D eigenvalue weighted by Gasteiger charge is 2.24. The van der Waals surface area contributed by atoms with Gasteiger partial charge in [0.2, 0.25) is 0 Å². The zero-order valence-electron chi connectivity index (χ0n) is 17.7. The number of amides is 1. The number of fused-ring (bicyclic) bond motifs is 1. The molecule has 2 aromatic carbocycles. The third-order valence-electron chi connectivity index (χ3n) is 6.23. The van der Waals surface area contributed by atoms with Crippen LogP contribution in [0.3, 0.4) is 0 Å². The van der Waals surface area contributed by atoms with Crippen molar-refractivity contribution in [3.8, 4) is 5.69 Å². The molecule has 0 N–H and O–H groups in total. The van der Waals surface area contributed by atoms with Gasteiger partial charge in [-0.2, -0.15) is 0 Å². The van der Waals surface area contributed by atoms with Crippen molar-refractivity contribution in [2.45, 2.75) is 26.2 Å². The van der Waals surface area contributed by atoms with Crippen LogP contribution in [0, 0.1) is 12.8 Å². The average Bonchev–Trinajstić information content (AvgIpc) is 3.15. The van der Waals surface area contributed by atoms with Crippen molar-refractivity contribution in [3.63, 3.8) is 0 Å². The molecule has 0 bridgehead atoms. The van der Waals surface area contributed by atoms with Crippen molar-refractivity contribution in [2.75, 3.05) is 13.1 Å². The van der Waals surface area contributed by atoms with Crippen LogP contribution in [0.25, 0.3) is 16.9 Å². The maximum absolute atomic E-state index is 13.0. The quantitative estimate of drug-likeness (QED) is 0.484. The number of carbonyl (C=O) groups is 1. The molecule has 1 amide bonds. The number of hydrogen-bond donors (Lipinski definition) is 0. The Morgan fingerprint density at radius 2 is 1.71 bits per heavy atom. The second kappa shape index (κ2) is 8.34. The van der Waals surface area contributed by atoms with E-state index < -0.39 is 0 Å². The number of aromatic nitrogens is 3. The highest BCUT2D eigenvalue weighted by molar-refractivity contribution is 5.94. The fourth-order valence-corrected chi connectivity index (χ4v) is 4.56. The lowest BCUT2D eigenvalue weighted by atomic mass is 9.90. The molecule has 1 aliphatic heterocycles. The molecular weight excluding hydrogens is 384 g/mol. The molecule has 5 rings (SSSR count). The van der Waals surface area contributed by atoms with Gasteiger partial charge in [0.15, 0.2) is 5.65 Å². The molecule has 0 aliphatic carbocycles. The smallest absolute Gasteiger partial charge is 0.253 e. The summed E-state index contributed by atoms with van der Waals surface area (Å²) in [4.78, 5) is 24.1. The third kappa shape index (κ3) is 3.96. The summed E-state index contributed by atoms with van der Waals surface area (Å²) in [6.45, 7) is 3.63. The standard InChI is InChI=1S/C26H26N4O/c1-19-28-24-8-5-15-27-25(24)30(19)23-11-9-22(10-12-23)26(31)29-16-13-21(14-17-29)18-20-6-3-2-4-7-20/h2-12,15,21H,13-14,16-18H2,1H3. The number of piperidine rings is 1. The van der Waals surface area contributed by atoms with E-state index in [9.17, 15) is 4.79 Å². The predicted molar refractivity (Wildman–Crippen MR) is 122 cm³/mol. The molecule has 3 heterocycles. The van der Waals surface area contributed by atoms with E-state index in [1.807, 2.05) is 52.8 Å². The maximum atomic E-state index is 13.0. The van der Waals surface area contributed by atoms with Gasteiger partial charge in [0.1, 0.15) is 11.3 Å². The van der Waals surface area contributed by atoms with Gasteiger partial charge in [-0.25, -0.2) is 9.97 Å². The molecule has 4 aromatic rings. The minimum absolute atomic E-state index is 0.120. The highest BCUT2D eigenvalue weighted by Crippen LogP contribution is 2.24. The summed E-state index contributed by atoms with van der Waals surface area (Å²) >= 11 is 0. The van der Waals surface area contributed by atoms with Crippen LogP contribution < -0.4 is 0 Å². The second-order valence-electron chi connectivity index (χ2n) is 8.31. The van der Waals surface area contributed by atoms with E-state index in [0.29, 0.717) is 5.92 Å². The van der Waals surface area contributed by atoms with Crippen LogP contribution in [-0.2, 0) is 6.42 Å². The Morgan fingerprint density at radius 1 is 0.968 bits per heavy atom. The van der Waals surface area contributed by atoms with Gasteiger partial charge in [0, 0.05) is 30.5 Å². The van der Waals surface area contributed by atoms with E-state index in [1.54, 1.807) is 6.20 Å². The largest absolute Gasteiger partial charge is 0.339 e. The van der Waals surface area contributed by atoms with E-state index in [4.69, 9.17) is 0 Å².